The van der Waals surface area contributed by atoms with Crippen LogP contribution in [-0.4, -0.2) is 23.2 Å². The van der Waals surface area contributed by atoms with Gasteiger partial charge in [-0.2, -0.15) is 0 Å². The molecule has 2 unspecified atom stereocenters. The molecular weight excluding hydrogens is 214 g/mol. The van der Waals surface area contributed by atoms with Crippen molar-refractivity contribution in [3.63, 3.8) is 0 Å². The van der Waals surface area contributed by atoms with Gasteiger partial charge in [0.05, 0.1) is 0 Å². The minimum atomic E-state index is -0.732. The molecule has 0 rings (SSSR count). The van der Waals surface area contributed by atoms with Crippen LogP contribution in [-0.2, 0) is 4.79 Å². The molecule has 0 amide bonds. The molecule has 0 saturated carbocycles. The molecule has 0 aromatic carbocycles. The van der Waals surface area contributed by atoms with Crippen molar-refractivity contribution in [2.75, 3.05) is 6.54 Å². The number of aliphatic carboxylic acids is 1. The monoisotopic (exact) mass is 243 g/mol. The van der Waals surface area contributed by atoms with Crippen LogP contribution >= 0.6 is 0 Å². The highest BCUT2D eigenvalue weighted by Gasteiger charge is 2.36. The summed E-state index contributed by atoms with van der Waals surface area (Å²) >= 11 is 0. The Hall–Kier alpha value is -0.570. The highest BCUT2D eigenvalue weighted by molar-refractivity contribution is 5.78. The van der Waals surface area contributed by atoms with E-state index in [-0.39, 0.29) is 0 Å². The van der Waals surface area contributed by atoms with Crippen LogP contribution in [0.1, 0.15) is 60.3 Å². The molecule has 17 heavy (non-hydrogen) atoms. The van der Waals surface area contributed by atoms with Crippen LogP contribution in [0.15, 0.2) is 0 Å². The fourth-order valence-corrected chi connectivity index (χ4v) is 1.99. The predicted molar refractivity (Wildman–Crippen MR) is 72.2 cm³/mol. The third kappa shape index (κ3) is 5.53. The first kappa shape index (κ1) is 16.4. The molecule has 0 aliphatic carbocycles. The maximum atomic E-state index is 11.5. The van der Waals surface area contributed by atoms with Gasteiger partial charge in [0.2, 0.25) is 0 Å². The van der Waals surface area contributed by atoms with Gasteiger partial charge >= 0.3 is 5.97 Å². The predicted octanol–water partition coefficient (Wildman–Crippen LogP) is 3.29. The molecular formula is C14H29NO2. The molecule has 2 atom stereocenters. The highest BCUT2D eigenvalue weighted by Crippen LogP contribution is 2.23. The Labute approximate surface area is 106 Å². The fourth-order valence-electron chi connectivity index (χ4n) is 1.99. The Bertz CT molecular complexity index is 228. The van der Waals surface area contributed by atoms with Crippen LogP contribution in [0.4, 0.5) is 0 Å². The normalized spacial score (nSPS) is 16.8. The first-order chi connectivity index (χ1) is 7.88. The maximum Gasteiger partial charge on any atom is 0.323 e. The Balaban J connectivity index is 4.53. The lowest BCUT2D eigenvalue weighted by molar-refractivity contribution is -0.146. The topological polar surface area (TPSA) is 49.3 Å². The summed E-state index contributed by atoms with van der Waals surface area (Å²) in [5, 5.41) is 12.8. The zero-order valence-corrected chi connectivity index (χ0v) is 12.0. The van der Waals surface area contributed by atoms with Crippen molar-refractivity contribution < 1.29 is 9.90 Å². The number of rotatable bonds is 9. The molecule has 0 aromatic rings. The van der Waals surface area contributed by atoms with E-state index in [0.29, 0.717) is 24.7 Å². The molecule has 0 aliphatic heterocycles. The van der Waals surface area contributed by atoms with E-state index in [9.17, 15) is 9.90 Å². The minimum absolute atomic E-state index is 0.442. The van der Waals surface area contributed by atoms with E-state index >= 15 is 0 Å². The average molecular weight is 243 g/mol. The lowest BCUT2D eigenvalue weighted by Crippen LogP contribution is -2.53. The number of carboxylic acids is 1. The Morgan fingerprint density at radius 2 is 1.88 bits per heavy atom. The number of carboxylic acid groups (broad SMARTS) is 1. The summed E-state index contributed by atoms with van der Waals surface area (Å²) in [7, 11) is 0. The van der Waals surface area contributed by atoms with Crippen LogP contribution in [0, 0.1) is 11.8 Å². The number of nitrogens with one attached hydrogen (secondary N) is 1. The largest absolute Gasteiger partial charge is 0.480 e. The van der Waals surface area contributed by atoms with Gasteiger partial charge < -0.3 is 10.4 Å². The first-order valence-corrected chi connectivity index (χ1v) is 6.86. The zero-order valence-electron chi connectivity index (χ0n) is 12.0. The van der Waals surface area contributed by atoms with Gasteiger partial charge in [0.25, 0.3) is 0 Å². The summed E-state index contributed by atoms with van der Waals surface area (Å²) in [6.45, 7) is 11.3. The second kappa shape index (κ2) is 7.70. The van der Waals surface area contributed by atoms with Gasteiger partial charge in [-0.15, -0.1) is 0 Å². The van der Waals surface area contributed by atoms with E-state index in [1.807, 2.05) is 6.92 Å². The van der Waals surface area contributed by atoms with E-state index in [1.165, 1.54) is 0 Å². The van der Waals surface area contributed by atoms with Crippen molar-refractivity contribution in [2.45, 2.75) is 65.8 Å². The summed E-state index contributed by atoms with van der Waals surface area (Å²) in [4.78, 5) is 11.5. The summed E-state index contributed by atoms with van der Waals surface area (Å²) < 4.78 is 0. The van der Waals surface area contributed by atoms with Crippen molar-refractivity contribution in [1.82, 2.24) is 5.32 Å². The third-order valence-corrected chi connectivity index (χ3v) is 3.59. The number of hydrogen-bond donors (Lipinski definition) is 2. The average Bonchev–Trinajstić information content (AvgIpc) is 2.26. The SMILES string of the molecule is CCC(C)CC(CC)(NCCC(C)C)C(=O)O. The van der Waals surface area contributed by atoms with Gasteiger partial charge in [-0.1, -0.05) is 41.0 Å². The fraction of sp³-hybridized carbons (Fsp3) is 0.929. The summed E-state index contributed by atoms with van der Waals surface area (Å²) in [5.41, 5.74) is -0.732. The molecule has 3 nitrogen and oxygen atoms in total. The molecule has 0 fully saturated rings. The van der Waals surface area contributed by atoms with Crippen LogP contribution in [0.3, 0.4) is 0 Å². The van der Waals surface area contributed by atoms with Gasteiger partial charge in [0, 0.05) is 0 Å². The summed E-state index contributed by atoms with van der Waals surface area (Å²) in [6.07, 6.45) is 3.41. The number of hydrogen-bond acceptors (Lipinski definition) is 2. The van der Waals surface area contributed by atoms with E-state index in [4.69, 9.17) is 0 Å². The molecule has 0 saturated heterocycles. The molecule has 0 heterocycles. The third-order valence-electron chi connectivity index (χ3n) is 3.59. The molecule has 102 valence electrons. The molecule has 0 radical (unpaired) electrons. The molecule has 0 aromatic heterocycles. The zero-order chi connectivity index (χ0) is 13.5. The molecule has 3 heteroatoms. The lowest BCUT2D eigenvalue weighted by Gasteiger charge is -2.32. The van der Waals surface area contributed by atoms with E-state index < -0.39 is 11.5 Å². The molecule has 2 N–H and O–H groups in total. The number of carbonyl (C=O) groups is 1. The van der Waals surface area contributed by atoms with Crippen LogP contribution in [0.2, 0.25) is 0 Å². The van der Waals surface area contributed by atoms with Crippen molar-refractivity contribution in [1.29, 1.82) is 0 Å². The van der Waals surface area contributed by atoms with Crippen molar-refractivity contribution in [2.24, 2.45) is 11.8 Å². The lowest BCUT2D eigenvalue weighted by atomic mass is 9.84. The Morgan fingerprint density at radius 1 is 1.29 bits per heavy atom. The minimum Gasteiger partial charge on any atom is -0.480 e. The van der Waals surface area contributed by atoms with Crippen molar-refractivity contribution in [3.05, 3.63) is 0 Å². The van der Waals surface area contributed by atoms with Crippen LogP contribution < -0.4 is 5.32 Å². The summed E-state index contributed by atoms with van der Waals surface area (Å²) in [5.74, 6) is 0.344. The smallest absolute Gasteiger partial charge is 0.323 e. The van der Waals surface area contributed by atoms with Crippen molar-refractivity contribution >= 4 is 5.97 Å². The Kier molecular flexibility index (Phi) is 7.44. The first-order valence-electron chi connectivity index (χ1n) is 6.86. The molecule has 0 bridgehead atoms. The maximum absolute atomic E-state index is 11.5. The van der Waals surface area contributed by atoms with Gasteiger partial charge in [0.15, 0.2) is 0 Å². The van der Waals surface area contributed by atoms with Crippen molar-refractivity contribution in [3.8, 4) is 0 Å². The van der Waals surface area contributed by atoms with E-state index in [1.54, 1.807) is 0 Å². The summed E-state index contributed by atoms with van der Waals surface area (Å²) in [6, 6.07) is 0. The van der Waals surface area contributed by atoms with Gasteiger partial charge in [-0.05, 0) is 37.6 Å². The van der Waals surface area contributed by atoms with Crippen LogP contribution in [0.25, 0.3) is 0 Å². The second-order valence-electron chi connectivity index (χ2n) is 5.57. The van der Waals surface area contributed by atoms with Crippen LogP contribution in [0.5, 0.6) is 0 Å². The highest BCUT2D eigenvalue weighted by atomic mass is 16.4. The van der Waals surface area contributed by atoms with Gasteiger partial charge in [-0.25, -0.2) is 0 Å². The Morgan fingerprint density at radius 3 is 2.24 bits per heavy atom. The molecule has 0 aliphatic rings. The van der Waals surface area contributed by atoms with Gasteiger partial charge in [-0.3, -0.25) is 4.79 Å². The second-order valence-corrected chi connectivity index (χ2v) is 5.57. The van der Waals surface area contributed by atoms with E-state index in [2.05, 4.69) is 33.0 Å². The van der Waals surface area contributed by atoms with Gasteiger partial charge in [0.1, 0.15) is 5.54 Å². The molecule has 0 spiro atoms. The van der Waals surface area contributed by atoms with E-state index in [0.717, 1.165) is 19.4 Å². The quantitative estimate of drug-likeness (QED) is 0.653. The standard InChI is InChI=1S/C14H29NO2/c1-6-12(5)10-14(7-2,13(16)17)15-9-8-11(3)4/h11-12,15H,6-10H2,1-5H3,(H,16,17).